The Hall–Kier alpha value is -0.610. The number of allylic oxidation sites excluding steroid dienone is 4. The highest BCUT2D eigenvalue weighted by Gasteiger charge is 1.91. The van der Waals surface area contributed by atoms with E-state index in [2.05, 4.69) is 24.3 Å². The van der Waals surface area contributed by atoms with Gasteiger partial charge in [0.25, 0.3) is 0 Å². The molecule has 1 aliphatic rings. The first-order valence-corrected chi connectivity index (χ1v) is 2.20. The predicted octanol–water partition coefficient (Wildman–Crippen LogP) is 1.70. The van der Waals surface area contributed by atoms with Crippen molar-refractivity contribution >= 4 is 0 Å². The molecule has 0 heteroatoms. The van der Waals surface area contributed by atoms with Crippen molar-refractivity contribution in [3.8, 4) is 0 Å². The SMILES string of the molecule is [C+]1=CCC=CC1. The van der Waals surface area contributed by atoms with Crippen LogP contribution in [0, 0.1) is 6.08 Å². The van der Waals surface area contributed by atoms with E-state index in [1.807, 2.05) is 0 Å². The van der Waals surface area contributed by atoms with E-state index in [4.69, 9.17) is 0 Å². The molecule has 0 fully saturated rings. The standard InChI is InChI=1S/C6H7/c1-2-4-6-5-3-1/h1-2,5H,3-4H2/q+1. The first kappa shape index (κ1) is 3.58. The lowest BCUT2D eigenvalue weighted by atomic mass is 10.2. The van der Waals surface area contributed by atoms with Gasteiger partial charge < -0.3 is 0 Å². The zero-order valence-electron chi connectivity index (χ0n) is 3.65. The van der Waals surface area contributed by atoms with Crippen LogP contribution in [0.1, 0.15) is 12.8 Å². The van der Waals surface area contributed by atoms with Crippen molar-refractivity contribution in [3.05, 3.63) is 24.3 Å². The number of hydrogen-bond acceptors (Lipinski definition) is 0. The van der Waals surface area contributed by atoms with E-state index in [-0.39, 0.29) is 0 Å². The van der Waals surface area contributed by atoms with Crippen molar-refractivity contribution in [2.45, 2.75) is 12.8 Å². The van der Waals surface area contributed by atoms with Crippen LogP contribution in [0.5, 0.6) is 0 Å². The van der Waals surface area contributed by atoms with Crippen LogP contribution in [0.4, 0.5) is 0 Å². The Morgan fingerprint density at radius 2 is 2.33 bits per heavy atom. The molecule has 0 nitrogen and oxygen atoms in total. The van der Waals surface area contributed by atoms with Crippen molar-refractivity contribution in [1.82, 2.24) is 0 Å². The predicted molar refractivity (Wildman–Crippen MR) is 26.2 cm³/mol. The van der Waals surface area contributed by atoms with Gasteiger partial charge in [0.1, 0.15) is 0 Å². The van der Waals surface area contributed by atoms with Gasteiger partial charge in [-0.1, -0.05) is 6.08 Å². The van der Waals surface area contributed by atoms with Gasteiger partial charge in [-0.15, -0.1) is 0 Å². The molecule has 0 saturated carbocycles. The fourth-order valence-electron chi connectivity index (χ4n) is 0.482. The number of hydrogen-bond donors (Lipinski definition) is 0. The van der Waals surface area contributed by atoms with Crippen LogP contribution in [-0.4, -0.2) is 0 Å². The van der Waals surface area contributed by atoms with Crippen molar-refractivity contribution in [3.63, 3.8) is 0 Å². The molecule has 0 heterocycles. The summed E-state index contributed by atoms with van der Waals surface area (Å²) in [5.74, 6) is 0. The Labute approximate surface area is 38.2 Å². The molecule has 0 aromatic carbocycles. The van der Waals surface area contributed by atoms with Gasteiger partial charge in [0.05, 0.1) is 0 Å². The van der Waals surface area contributed by atoms with Gasteiger partial charge in [0, 0.05) is 6.42 Å². The molecule has 30 valence electrons. The van der Waals surface area contributed by atoms with Gasteiger partial charge >= 0.3 is 0 Å². The quantitative estimate of drug-likeness (QED) is 0.306. The molecule has 6 heavy (non-hydrogen) atoms. The van der Waals surface area contributed by atoms with Crippen LogP contribution in [0.15, 0.2) is 18.2 Å². The highest BCUT2D eigenvalue weighted by atomic mass is 13.8. The van der Waals surface area contributed by atoms with Gasteiger partial charge in [-0.3, -0.25) is 0 Å². The van der Waals surface area contributed by atoms with Crippen molar-refractivity contribution < 1.29 is 0 Å². The summed E-state index contributed by atoms with van der Waals surface area (Å²) in [6, 6.07) is 0. The lowest BCUT2D eigenvalue weighted by molar-refractivity contribution is 1.20. The first-order chi connectivity index (χ1) is 3.00. The van der Waals surface area contributed by atoms with Gasteiger partial charge in [0.2, 0.25) is 6.08 Å². The molecule has 0 aromatic rings. The minimum Gasteiger partial charge on any atom is -0.0754 e. The van der Waals surface area contributed by atoms with Gasteiger partial charge in [-0.25, -0.2) is 0 Å². The highest BCUT2D eigenvalue weighted by molar-refractivity contribution is 4.98. The summed E-state index contributed by atoms with van der Waals surface area (Å²) in [4.78, 5) is 0. The van der Waals surface area contributed by atoms with Crippen molar-refractivity contribution in [1.29, 1.82) is 0 Å². The van der Waals surface area contributed by atoms with Gasteiger partial charge in [0.15, 0.2) is 12.5 Å². The molecule has 0 aromatic heterocycles. The van der Waals surface area contributed by atoms with E-state index in [0.717, 1.165) is 12.8 Å². The van der Waals surface area contributed by atoms with Crippen LogP contribution >= 0.6 is 0 Å². The van der Waals surface area contributed by atoms with Crippen LogP contribution in [0.2, 0.25) is 0 Å². The minimum atomic E-state index is 1.01. The molecule has 0 bridgehead atoms. The molecule has 0 atom stereocenters. The lowest BCUT2D eigenvalue weighted by Gasteiger charge is -1.74. The van der Waals surface area contributed by atoms with E-state index >= 15 is 0 Å². The topological polar surface area (TPSA) is 0 Å². The van der Waals surface area contributed by atoms with E-state index in [0.29, 0.717) is 0 Å². The summed E-state index contributed by atoms with van der Waals surface area (Å²) in [6.45, 7) is 0. The van der Waals surface area contributed by atoms with Crippen LogP contribution in [0.25, 0.3) is 0 Å². The fraction of sp³-hybridized carbons (Fsp3) is 0.333. The molecular formula is C6H7+. The molecule has 0 aliphatic heterocycles. The van der Waals surface area contributed by atoms with E-state index in [9.17, 15) is 0 Å². The second-order valence-electron chi connectivity index (χ2n) is 1.32. The summed E-state index contributed by atoms with van der Waals surface area (Å²) >= 11 is 0. The second-order valence-corrected chi connectivity index (χ2v) is 1.32. The van der Waals surface area contributed by atoms with E-state index < -0.39 is 0 Å². The molecule has 0 radical (unpaired) electrons. The Morgan fingerprint density at radius 1 is 1.33 bits per heavy atom. The zero-order chi connectivity index (χ0) is 4.24. The Morgan fingerprint density at radius 3 is 2.50 bits per heavy atom. The second kappa shape index (κ2) is 1.74. The maximum Gasteiger partial charge on any atom is 0.222 e. The van der Waals surface area contributed by atoms with E-state index in [1.165, 1.54) is 0 Å². The largest absolute Gasteiger partial charge is 0.222 e. The monoisotopic (exact) mass is 79.1 g/mol. The number of rotatable bonds is 0. The van der Waals surface area contributed by atoms with Crippen LogP contribution < -0.4 is 0 Å². The highest BCUT2D eigenvalue weighted by Crippen LogP contribution is 1.95. The Kier molecular flexibility index (Phi) is 1.03. The maximum absolute atomic E-state index is 3.07. The lowest BCUT2D eigenvalue weighted by Crippen LogP contribution is -1.67. The van der Waals surface area contributed by atoms with Gasteiger partial charge in [-0.05, 0) is 6.08 Å². The molecule has 0 N–H and O–H groups in total. The Balaban J connectivity index is 2.40. The summed E-state index contributed by atoms with van der Waals surface area (Å²) < 4.78 is 0. The average molecular weight is 79.1 g/mol. The molecular weight excluding hydrogens is 72.1 g/mol. The summed E-state index contributed by atoms with van der Waals surface area (Å²) in [5.41, 5.74) is 0. The van der Waals surface area contributed by atoms with Crippen molar-refractivity contribution in [2.75, 3.05) is 0 Å². The molecule has 1 rings (SSSR count). The Bertz CT molecular complexity index is 58.0. The summed E-state index contributed by atoms with van der Waals surface area (Å²) in [5, 5.41) is 0. The van der Waals surface area contributed by atoms with Crippen molar-refractivity contribution in [2.24, 2.45) is 0 Å². The zero-order valence-corrected chi connectivity index (χ0v) is 3.65. The molecule has 0 amide bonds. The maximum atomic E-state index is 3.07. The molecule has 0 spiro atoms. The molecule has 0 saturated heterocycles. The minimum absolute atomic E-state index is 1.01. The molecule has 0 unspecified atom stereocenters. The first-order valence-electron chi connectivity index (χ1n) is 2.20. The third-order valence-electron chi connectivity index (χ3n) is 0.801. The third kappa shape index (κ3) is 0.667. The van der Waals surface area contributed by atoms with Gasteiger partial charge in [-0.2, -0.15) is 0 Å². The van der Waals surface area contributed by atoms with Crippen LogP contribution in [0.3, 0.4) is 0 Å². The van der Waals surface area contributed by atoms with Crippen LogP contribution in [-0.2, 0) is 0 Å². The summed E-state index contributed by atoms with van der Waals surface area (Å²) in [7, 11) is 0. The smallest absolute Gasteiger partial charge is 0.0754 e. The molecule has 1 aliphatic carbocycles. The third-order valence-corrected chi connectivity index (χ3v) is 0.801. The fourth-order valence-corrected chi connectivity index (χ4v) is 0.482. The summed E-state index contributed by atoms with van der Waals surface area (Å²) in [6.07, 6.45) is 11.5. The average Bonchev–Trinajstić information content (AvgIpc) is 1.72. The van der Waals surface area contributed by atoms with E-state index in [1.54, 1.807) is 0 Å². The normalized spacial score (nSPS) is 17.3.